The SMILES string of the molecule is NC(=O)c1[nH]c2ccc(Cl)cc2c1S(=O)(=O)N1CCO[C@H](COc2ccc(F)c(-c3ccncc3)c2)C1. The summed E-state index contributed by atoms with van der Waals surface area (Å²) in [4.78, 5) is 18.6. The summed E-state index contributed by atoms with van der Waals surface area (Å²) in [6.07, 6.45) is 2.53. The number of rotatable bonds is 7. The van der Waals surface area contributed by atoms with Crippen LogP contribution in [0.15, 0.2) is 65.8 Å². The number of amides is 1. The zero-order chi connectivity index (χ0) is 26.2. The predicted molar refractivity (Wildman–Crippen MR) is 135 cm³/mol. The number of halogens is 2. The number of carbonyl (C=O) groups is 1. The van der Waals surface area contributed by atoms with Crippen molar-refractivity contribution in [3.8, 4) is 16.9 Å². The van der Waals surface area contributed by atoms with Gasteiger partial charge in [0.05, 0.1) is 6.61 Å². The summed E-state index contributed by atoms with van der Waals surface area (Å²) in [6, 6.07) is 12.4. The lowest BCUT2D eigenvalue weighted by Gasteiger charge is -2.32. The number of nitrogens with zero attached hydrogens (tertiary/aromatic N) is 2. The Morgan fingerprint density at radius 3 is 2.76 bits per heavy atom. The van der Waals surface area contributed by atoms with Crippen LogP contribution >= 0.6 is 11.6 Å². The van der Waals surface area contributed by atoms with Crippen LogP contribution in [0.5, 0.6) is 5.75 Å². The number of sulfonamides is 1. The monoisotopic (exact) mass is 544 g/mol. The fourth-order valence-electron chi connectivity index (χ4n) is 4.26. The second kappa shape index (κ2) is 10.1. The Bertz CT molecular complexity index is 1580. The number of benzene rings is 2. The van der Waals surface area contributed by atoms with Crippen molar-refractivity contribution in [1.82, 2.24) is 14.3 Å². The number of primary amides is 1. The van der Waals surface area contributed by atoms with Crippen LogP contribution in [-0.2, 0) is 14.8 Å². The molecular weight excluding hydrogens is 523 g/mol. The molecule has 1 atom stereocenters. The molecule has 0 spiro atoms. The predicted octanol–water partition coefficient (Wildman–Crippen LogP) is 3.59. The van der Waals surface area contributed by atoms with Crippen molar-refractivity contribution < 1.29 is 27.1 Å². The number of carbonyl (C=O) groups excluding carboxylic acids is 1. The molecule has 2 aromatic carbocycles. The van der Waals surface area contributed by atoms with E-state index in [0.29, 0.717) is 27.4 Å². The van der Waals surface area contributed by atoms with Crippen molar-refractivity contribution >= 4 is 38.4 Å². The van der Waals surface area contributed by atoms with Crippen molar-refractivity contribution in [3.63, 3.8) is 0 Å². The van der Waals surface area contributed by atoms with Crippen LogP contribution in [0, 0.1) is 5.82 Å². The van der Waals surface area contributed by atoms with Gasteiger partial charge >= 0.3 is 0 Å². The first-order chi connectivity index (χ1) is 17.7. The molecule has 4 aromatic rings. The summed E-state index contributed by atoms with van der Waals surface area (Å²) in [6.45, 7) is 0.197. The number of hydrogen-bond acceptors (Lipinski definition) is 6. The number of morpholine rings is 1. The number of nitrogens with two attached hydrogens (primary N) is 1. The molecule has 0 unspecified atom stereocenters. The fraction of sp³-hybridized carbons (Fsp3) is 0.200. The van der Waals surface area contributed by atoms with Gasteiger partial charge in [-0.25, -0.2) is 12.8 Å². The third kappa shape index (κ3) is 5.03. The van der Waals surface area contributed by atoms with Crippen molar-refractivity contribution in [3.05, 3.63) is 77.5 Å². The Morgan fingerprint density at radius 2 is 2.00 bits per heavy atom. The van der Waals surface area contributed by atoms with Crippen molar-refractivity contribution in [2.75, 3.05) is 26.3 Å². The summed E-state index contributed by atoms with van der Waals surface area (Å²) in [5.74, 6) is -0.909. The first-order valence-electron chi connectivity index (χ1n) is 11.3. The highest BCUT2D eigenvalue weighted by atomic mass is 35.5. The van der Waals surface area contributed by atoms with E-state index in [-0.39, 0.29) is 42.3 Å². The van der Waals surface area contributed by atoms with Gasteiger partial charge in [0.1, 0.15) is 34.9 Å². The molecular formula is C25H22ClFN4O5S. The highest BCUT2D eigenvalue weighted by Crippen LogP contribution is 2.32. The summed E-state index contributed by atoms with van der Waals surface area (Å²) < 4.78 is 54.5. The molecule has 1 fully saturated rings. The second-order valence-corrected chi connectivity index (χ2v) is 10.7. The van der Waals surface area contributed by atoms with E-state index in [0.717, 1.165) is 0 Å². The molecule has 0 aliphatic carbocycles. The molecule has 3 N–H and O–H groups in total. The molecule has 1 amide bonds. The van der Waals surface area contributed by atoms with Crippen molar-refractivity contribution in [2.24, 2.45) is 5.73 Å². The van der Waals surface area contributed by atoms with Crippen LogP contribution in [0.1, 0.15) is 10.5 Å². The van der Waals surface area contributed by atoms with Crippen LogP contribution in [0.2, 0.25) is 5.02 Å². The van der Waals surface area contributed by atoms with Crippen LogP contribution in [0.3, 0.4) is 0 Å². The van der Waals surface area contributed by atoms with E-state index in [1.165, 1.54) is 22.5 Å². The molecule has 9 nitrogen and oxygen atoms in total. The summed E-state index contributed by atoms with van der Waals surface area (Å²) in [5, 5.41) is 0.591. The number of nitrogens with one attached hydrogen (secondary N) is 1. The Labute approximate surface area is 217 Å². The minimum atomic E-state index is -4.15. The lowest BCUT2D eigenvalue weighted by molar-refractivity contribution is -0.0249. The van der Waals surface area contributed by atoms with Gasteiger partial charge in [0.2, 0.25) is 10.0 Å². The number of hydrogen-bond donors (Lipinski definition) is 2. The molecule has 0 radical (unpaired) electrons. The number of aromatic amines is 1. The van der Waals surface area contributed by atoms with Gasteiger partial charge in [0, 0.05) is 47.0 Å². The molecule has 1 aliphatic rings. The Kier molecular flexibility index (Phi) is 6.86. The fourth-order valence-corrected chi connectivity index (χ4v) is 6.22. The highest BCUT2D eigenvalue weighted by molar-refractivity contribution is 7.89. The zero-order valence-corrected chi connectivity index (χ0v) is 20.9. The first-order valence-corrected chi connectivity index (χ1v) is 13.1. The van der Waals surface area contributed by atoms with Crippen LogP contribution in [0.25, 0.3) is 22.0 Å². The lowest BCUT2D eigenvalue weighted by Crippen LogP contribution is -2.47. The van der Waals surface area contributed by atoms with Gasteiger partial charge in [-0.2, -0.15) is 4.31 Å². The van der Waals surface area contributed by atoms with E-state index < -0.39 is 27.9 Å². The average Bonchev–Trinajstić information content (AvgIpc) is 3.29. The minimum Gasteiger partial charge on any atom is -0.491 e. The van der Waals surface area contributed by atoms with Gasteiger partial charge in [-0.15, -0.1) is 0 Å². The maximum atomic E-state index is 14.4. The Hall–Kier alpha value is -3.51. The largest absolute Gasteiger partial charge is 0.491 e. The van der Waals surface area contributed by atoms with Crippen molar-refractivity contribution in [1.29, 1.82) is 0 Å². The molecule has 2 aromatic heterocycles. The van der Waals surface area contributed by atoms with Crippen LogP contribution in [-0.4, -0.2) is 61.0 Å². The molecule has 37 heavy (non-hydrogen) atoms. The zero-order valence-electron chi connectivity index (χ0n) is 19.4. The normalized spacial score (nSPS) is 16.6. The van der Waals surface area contributed by atoms with Gasteiger partial charge in [0.15, 0.2) is 0 Å². The highest BCUT2D eigenvalue weighted by Gasteiger charge is 2.36. The third-order valence-corrected chi connectivity index (χ3v) is 8.21. The number of fused-ring (bicyclic) bond motifs is 1. The lowest BCUT2D eigenvalue weighted by atomic mass is 10.1. The van der Waals surface area contributed by atoms with Crippen LogP contribution in [0.4, 0.5) is 4.39 Å². The summed E-state index contributed by atoms with van der Waals surface area (Å²) in [5.41, 5.74) is 6.69. The average molecular weight is 545 g/mol. The van der Waals surface area contributed by atoms with Gasteiger partial charge in [-0.3, -0.25) is 9.78 Å². The Balaban J connectivity index is 1.36. The number of ether oxygens (including phenoxy) is 2. The molecule has 5 rings (SSSR count). The maximum Gasteiger partial charge on any atom is 0.266 e. The Morgan fingerprint density at radius 1 is 1.22 bits per heavy atom. The second-order valence-electron chi connectivity index (χ2n) is 8.43. The molecule has 1 saturated heterocycles. The van der Waals surface area contributed by atoms with E-state index in [2.05, 4.69) is 9.97 Å². The molecule has 192 valence electrons. The molecule has 12 heteroatoms. The van der Waals surface area contributed by atoms with Gasteiger partial charge in [-0.1, -0.05) is 11.6 Å². The molecule has 3 heterocycles. The van der Waals surface area contributed by atoms with Crippen molar-refractivity contribution in [2.45, 2.75) is 11.0 Å². The third-order valence-electron chi connectivity index (χ3n) is 6.02. The smallest absolute Gasteiger partial charge is 0.266 e. The summed E-state index contributed by atoms with van der Waals surface area (Å²) >= 11 is 6.10. The van der Waals surface area contributed by atoms with Crippen LogP contribution < -0.4 is 10.5 Å². The quantitative estimate of drug-likeness (QED) is 0.366. The maximum absolute atomic E-state index is 14.4. The number of aromatic nitrogens is 2. The van der Waals surface area contributed by atoms with Gasteiger partial charge < -0.3 is 20.2 Å². The van der Waals surface area contributed by atoms with E-state index in [4.69, 9.17) is 26.8 Å². The van der Waals surface area contributed by atoms with E-state index >= 15 is 0 Å². The van der Waals surface area contributed by atoms with E-state index in [1.807, 2.05) is 0 Å². The minimum absolute atomic E-state index is 0.0216. The first kappa shape index (κ1) is 25.2. The molecule has 1 aliphatic heterocycles. The molecule has 0 saturated carbocycles. The standard InChI is InChI=1S/C25H22ClFN4O5S/c26-16-1-4-22-20(11-16)24(23(30-22)25(28)32)37(33,34)31-9-10-35-18(13-31)14-36-17-2-3-21(27)19(12-17)15-5-7-29-8-6-15/h1-8,11-12,18,30H,9-10,13-14H2,(H2,28,32)/t18-/m0/s1. The van der Waals surface area contributed by atoms with Gasteiger partial charge in [0.25, 0.3) is 5.91 Å². The van der Waals surface area contributed by atoms with Gasteiger partial charge in [-0.05, 0) is 54.1 Å². The topological polar surface area (TPSA) is 128 Å². The number of pyridine rings is 1. The number of H-pyrrole nitrogens is 1. The molecule has 0 bridgehead atoms. The van der Waals surface area contributed by atoms with E-state index in [9.17, 15) is 17.6 Å². The summed E-state index contributed by atoms with van der Waals surface area (Å²) in [7, 11) is -4.15. The van der Waals surface area contributed by atoms with E-state index in [1.54, 1.807) is 42.7 Å².